The predicted molar refractivity (Wildman–Crippen MR) is 53.5 cm³/mol. The first-order chi connectivity index (χ1) is 7.13. The molecule has 0 aliphatic carbocycles. The summed E-state index contributed by atoms with van der Waals surface area (Å²) in [5.74, 6) is -0.545. The van der Waals surface area contributed by atoms with Crippen molar-refractivity contribution in [3.63, 3.8) is 0 Å². The van der Waals surface area contributed by atoms with Gasteiger partial charge in [-0.3, -0.25) is 4.79 Å². The molecule has 0 aromatic heterocycles. The number of carboxylic acids is 1. The van der Waals surface area contributed by atoms with E-state index in [1.54, 1.807) is 24.3 Å². The summed E-state index contributed by atoms with van der Waals surface area (Å²) >= 11 is 0. The van der Waals surface area contributed by atoms with Crippen molar-refractivity contribution in [1.82, 2.24) is 0 Å². The number of rotatable bonds is 5. The zero-order valence-electron chi connectivity index (χ0n) is 8.09. The first-order valence-electron chi connectivity index (χ1n) is 4.44. The molecule has 1 atom stereocenters. The molecule has 1 rings (SSSR count). The van der Waals surface area contributed by atoms with Crippen molar-refractivity contribution in [1.29, 1.82) is 0 Å². The molecular formula is C10H13NO4. The van der Waals surface area contributed by atoms with Crippen molar-refractivity contribution in [3.8, 4) is 5.75 Å². The first-order valence-corrected chi connectivity index (χ1v) is 4.44. The van der Waals surface area contributed by atoms with E-state index in [0.29, 0.717) is 5.75 Å². The largest absolute Gasteiger partial charge is 0.480 e. The van der Waals surface area contributed by atoms with E-state index in [2.05, 4.69) is 0 Å². The summed E-state index contributed by atoms with van der Waals surface area (Å²) in [7, 11) is 0. The lowest BCUT2D eigenvalue weighted by molar-refractivity contribution is -0.138. The summed E-state index contributed by atoms with van der Waals surface area (Å²) < 4.78 is 4.86. The molecule has 82 valence electrons. The van der Waals surface area contributed by atoms with E-state index < -0.39 is 18.8 Å². The minimum Gasteiger partial charge on any atom is -0.480 e. The number of carboxylic acid groups (broad SMARTS) is 1. The minimum absolute atomic E-state index is 0.234. The Morgan fingerprint density at radius 3 is 2.87 bits per heavy atom. The van der Waals surface area contributed by atoms with Crippen LogP contribution in [0.5, 0.6) is 5.75 Å². The number of hydrogen-bond acceptors (Lipinski definition) is 4. The molecule has 0 aliphatic rings. The summed E-state index contributed by atoms with van der Waals surface area (Å²) in [6.45, 7) is -0.408. The van der Waals surface area contributed by atoms with E-state index in [0.717, 1.165) is 5.56 Å². The maximum atomic E-state index is 10.5. The fourth-order valence-electron chi connectivity index (χ4n) is 1.18. The molecule has 15 heavy (non-hydrogen) atoms. The molecule has 0 amide bonds. The quantitative estimate of drug-likeness (QED) is 0.595. The molecule has 0 spiro atoms. The van der Waals surface area contributed by atoms with Gasteiger partial charge in [0.2, 0.25) is 0 Å². The molecule has 4 N–H and O–H groups in total. The lowest BCUT2D eigenvalue weighted by atomic mass is 10.1. The van der Waals surface area contributed by atoms with Gasteiger partial charge in [0, 0.05) is 0 Å². The van der Waals surface area contributed by atoms with E-state index in [1.807, 2.05) is 0 Å². The lowest BCUT2D eigenvalue weighted by Gasteiger charge is -2.08. The molecule has 0 bridgehead atoms. The highest BCUT2D eigenvalue weighted by molar-refractivity contribution is 5.73. The molecule has 1 aromatic carbocycles. The van der Waals surface area contributed by atoms with Crippen LogP contribution in [0, 0.1) is 0 Å². The lowest BCUT2D eigenvalue weighted by Crippen LogP contribution is -2.32. The molecular weight excluding hydrogens is 198 g/mol. The van der Waals surface area contributed by atoms with Gasteiger partial charge in [-0.25, -0.2) is 0 Å². The molecule has 1 unspecified atom stereocenters. The number of aliphatic hydroxyl groups is 1. The van der Waals surface area contributed by atoms with Crippen LogP contribution in [0.1, 0.15) is 5.56 Å². The summed E-state index contributed by atoms with van der Waals surface area (Å²) in [5, 5.41) is 17.2. The highest BCUT2D eigenvalue weighted by Gasteiger charge is 2.12. The second-order valence-corrected chi connectivity index (χ2v) is 3.07. The van der Waals surface area contributed by atoms with Crippen molar-refractivity contribution in [3.05, 3.63) is 29.8 Å². The van der Waals surface area contributed by atoms with E-state index in [4.69, 9.17) is 20.7 Å². The third-order valence-electron chi connectivity index (χ3n) is 1.90. The number of benzene rings is 1. The van der Waals surface area contributed by atoms with Gasteiger partial charge in [0.1, 0.15) is 11.8 Å². The van der Waals surface area contributed by atoms with Gasteiger partial charge in [-0.15, -0.1) is 0 Å². The van der Waals surface area contributed by atoms with Gasteiger partial charge >= 0.3 is 5.97 Å². The summed E-state index contributed by atoms with van der Waals surface area (Å²) in [6.07, 6.45) is 0.234. The third-order valence-corrected chi connectivity index (χ3v) is 1.90. The van der Waals surface area contributed by atoms with Crippen LogP contribution in [0.15, 0.2) is 24.3 Å². The van der Waals surface area contributed by atoms with Gasteiger partial charge in [0.25, 0.3) is 0 Å². The van der Waals surface area contributed by atoms with E-state index in [1.165, 1.54) is 0 Å². The van der Waals surface area contributed by atoms with Crippen LogP contribution >= 0.6 is 0 Å². The van der Waals surface area contributed by atoms with E-state index in [-0.39, 0.29) is 6.42 Å². The van der Waals surface area contributed by atoms with E-state index >= 15 is 0 Å². The predicted octanol–water partition coefficient (Wildman–Crippen LogP) is -0.0304. The van der Waals surface area contributed by atoms with Gasteiger partial charge < -0.3 is 20.7 Å². The van der Waals surface area contributed by atoms with Gasteiger partial charge in [0.05, 0.1) is 0 Å². The zero-order chi connectivity index (χ0) is 11.3. The second kappa shape index (κ2) is 5.33. The molecule has 5 nitrogen and oxygen atoms in total. The number of aliphatic carboxylic acids is 1. The molecule has 1 aromatic rings. The smallest absolute Gasteiger partial charge is 0.320 e. The summed E-state index contributed by atoms with van der Waals surface area (Å²) in [4.78, 5) is 10.5. The Hall–Kier alpha value is -1.59. The normalized spacial score (nSPS) is 12.1. The Labute approximate surface area is 87.1 Å². The molecule has 0 aliphatic heterocycles. The highest BCUT2D eigenvalue weighted by Crippen LogP contribution is 2.14. The second-order valence-electron chi connectivity index (χ2n) is 3.07. The van der Waals surface area contributed by atoms with Crippen molar-refractivity contribution < 1.29 is 19.7 Å². The van der Waals surface area contributed by atoms with E-state index in [9.17, 15) is 4.79 Å². The summed E-state index contributed by atoms with van der Waals surface area (Å²) in [6, 6.07) is 5.88. The van der Waals surface area contributed by atoms with Crippen LogP contribution in [-0.4, -0.2) is 29.0 Å². The minimum atomic E-state index is -1.04. The monoisotopic (exact) mass is 211 g/mol. The fourth-order valence-corrected chi connectivity index (χ4v) is 1.18. The average Bonchev–Trinajstić information content (AvgIpc) is 2.18. The Kier molecular flexibility index (Phi) is 4.08. The number of aliphatic hydroxyl groups excluding tert-OH is 1. The van der Waals surface area contributed by atoms with Gasteiger partial charge in [0.15, 0.2) is 6.79 Å². The number of nitrogens with two attached hydrogens (primary N) is 1. The highest BCUT2D eigenvalue weighted by atomic mass is 16.6. The molecule has 0 fully saturated rings. The Bertz CT molecular complexity index is 340. The number of ether oxygens (including phenoxy) is 1. The van der Waals surface area contributed by atoms with Gasteiger partial charge in [-0.05, 0) is 24.1 Å². The van der Waals surface area contributed by atoms with Crippen molar-refractivity contribution in [2.75, 3.05) is 6.79 Å². The summed E-state index contributed by atoms with van der Waals surface area (Å²) in [5.41, 5.74) is 6.14. The Morgan fingerprint density at radius 1 is 1.53 bits per heavy atom. The number of hydrogen-bond donors (Lipinski definition) is 3. The molecule has 5 heteroatoms. The van der Waals surface area contributed by atoms with Crippen molar-refractivity contribution in [2.45, 2.75) is 12.5 Å². The van der Waals surface area contributed by atoms with Gasteiger partial charge in [-0.2, -0.15) is 0 Å². The van der Waals surface area contributed by atoms with Crippen molar-refractivity contribution >= 4 is 5.97 Å². The Balaban J connectivity index is 2.68. The standard InChI is InChI=1S/C10H13NO4/c11-9(10(13)14)5-7-2-1-3-8(4-7)15-6-12/h1-4,9,12H,5-6,11H2,(H,13,14). The topological polar surface area (TPSA) is 92.8 Å². The fraction of sp³-hybridized carbons (Fsp3) is 0.300. The number of carbonyl (C=O) groups is 1. The third kappa shape index (κ3) is 3.57. The van der Waals surface area contributed by atoms with Crippen molar-refractivity contribution in [2.24, 2.45) is 5.73 Å². The molecule has 0 radical (unpaired) electrons. The maximum Gasteiger partial charge on any atom is 0.320 e. The zero-order valence-corrected chi connectivity index (χ0v) is 8.09. The van der Waals surface area contributed by atoms with Crippen LogP contribution in [0.3, 0.4) is 0 Å². The van der Waals surface area contributed by atoms with Crippen LogP contribution < -0.4 is 10.5 Å². The van der Waals surface area contributed by atoms with Crippen LogP contribution in [0.25, 0.3) is 0 Å². The van der Waals surface area contributed by atoms with Crippen LogP contribution in [-0.2, 0) is 11.2 Å². The SMILES string of the molecule is NC(Cc1cccc(OCO)c1)C(=O)O. The molecule has 0 saturated carbocycles. The van der Waals surface area contributed by atoms with Crippen LogP contribution in [0.2, 0.25) is 0 Å². The van der Waals surface area contributed by atoms with Gasteiger partial charge in [-0.1, -0.05) is 12.1 Å². The maximum absolute atomic E-state index is 10.5. The Morgan fingerprint density at radius 2 is 2.27 bits per heavy atom. The van der Waals surface area contributed by atoms with Crippen LogP contribution in [0.4, 0.5) is 0 Å². The molecule has 0 saturated heterocycles. The first kappa shape index (κ1) is 11.5. The molecule has 0 heterocycles. The average molecular weight is 211 g/mol.